The summed E-state index contributed by atoms with van der Waals surface area (Å²) < 4.78 is 0. The van der Waals surface area contributed by atoms with Crippen LogP contribution in [-0.4, -0.2) is 6.54 Å². The molecule has 0 atom stereocenters. The van der Waals surface area contributed by atoms with E-state index in [1.807, 2.05) is 6.07 Å². The molecule has 0 heterocycles. The van der Waals surface area contributed by atoms with Gasteiger partial charge in [0, 0.05) is 17.0 Å². The topological polar surface area (TPSA) is 26.0 Å². The highest BCUT2D eigenvalue weighted by Gasteiger charge is 2.35. The van der Waals surface area contributed by atoms with Crippen LogP contribution in [-0.2, 0) is 5.41 Å². The van der Waals surface area contributed by atoms with Crippen molar-refractivity contribution in [2.24, 2.45) is 5.73 Å². The van der Waals surface area contributed by atoms with E-state index < -0.39 is 0 Å². The average Bonchev–Trinajstić information content (AvgIpc) is 2.73. The van der Waals surface area contributed by atoms with Crippen molar-refractivity contribution in [3.63, 3.8) is 0 Å². The number of rotatable bonds is 2. The summed E-state index contributed by atoms with van der Waals surface area (Å²) in [6.45, 7) is 4.97. The van der Waals surface area contributed by atoms with Crippen LogP contribution in [0.2, 0.25) is 5.02 Å². The summed E-state index contributed by atoms with van der Waals surface area (Å²) in [5, 5.41) is 0.884. The normalized spacial score (nSPS) is 19.0. The molecule has 2 rings (SSSR count). The number of hydrogen-bond acceptors (Lipinski definition) is 1. The summed E-state index contributed by atoms with van der Waals surface area (Å²) in [5.41, 5.74) is 10.1. The second-order valence-corrected chi connectivity index (χ2v) is 5.52. The van der Waals surface area contributed by atoms with Gasteiger partial charge in [-0.15, -0.1) is 0 Å². The zero-order chi connectivity index (χ0) is 11.8. The van der Waals surface area contributed by atoms with Gasteiger partial charge in [0.05, 0.1) is 0 Å². The average molecular weight is 238 g/mol. The third kappa shape index (κ3) is 1.87. The molecule has 0 unspecified atom stereocenters. The van der Waals surface area contributed by atoms with Crippen molar-refractivity contribution in [3.05, 3.63) is 33.8 Å². The van der Waals surface area contributed by atoms with Crippen LogP contribution in [0.1, 0.15) is 42.4 Å². The van der Waals surface area contributed by atoms with E-state index in [1.165, 1.54) is 42.4 Å². The van der Waals surface area contributed by atoms with Crippen molar-refractivity contribution in [1.29, 1.82) is 0 Å². The van der Waals surface area contributed by atoms with Crippen LogP contribution < -0.4 is 5.73 Å². The Morgan fingerprint density at radius 1 is 1.25 bits per heavy atom. The molecule has 16 heavy (non-hydrogen) atoms. The first-order valence-electron chi connectivity index (χ1n) is 6.06. The molecule has 0 aromatic heterocycles. The lowest BCUT2D eigenvalue weighted by Crippen LogP contribution is -2.33. The minimum absolute atomic E-state index is 0.194. The van der Waals surface area contributed by atoms with E-state index in [-0.39, 0.29) is 5.41 Å². The highest BCUT2D eigenvalue weighted by Crippen LogP contribution is 2.43. The molecule has 2 N–H and O–H groups in total. The van der Waals surface area contributed by atoms with Crippen LogP contribution >= 0.6 is 11.6 Å². The molecule has 0 spiro atoms. The van der Waals surface area contributed by atoms with Gasteiger partial charge in [-0.05, 0) is 49.4 Å². The maximum absolute atomic E-state index is 6.28. The maximum atomic E-state index is 6.28. The van der Waals surface area contributed by atoms with Crippen LogP contribution in [0, 0.1) is 13.8 Å². The third-order valence-corrected chi connectivity index (χ3v) is 4.40. The van der Waals surface area contributed by atoms with Crippen molar-refractivity contribution in [2.75, 3.05) is 6.54 Å². The maximum Gasteiger partial charge on any atom is 0.0440 e. The molecule has 1 aliphatic rings. The zero-order valence-corrected chi connectivity index (χ0v) is 10.9. The smallest absolute Gasteiger partial charge is 0.0440 e. The SMILES string of the molecule is Cc1cc(Cl)c(C)c(C2(CN)CCCC2)c1. The van der Waals surface area contributed by atoms with Crippen LogP contribution in [0.5, 0.6) is 0 Å². The molecule has 1 nitrogen and oxygen atoms in total. The van der Waals surface area contributed by atoms with Gasteiger partial charge in [0.25, 0.3) is 0 Å². The Morgan fingerprint density at radius 2 is 1.88 bits per heavy atom. The molecule has 0 bridgehead atoms. The first kappa shape index (κ1) is 11.9. The second kappa shape index (κ2) is 4.38. The molecule has 0 saturated heterocycles. The summed E-state index contributed by atoms with van der Waals surface area (Å²) in [6, 6.07) is 4.32. The third-order valence-electron chi connectivity index (χ3n) is 4.01. The number of benzene rings is 1. The highest BCUT2D eigenvalue weighted by molar-refractivity contribution is 6.31. The second-order valence-electron chi connectivity index (χ2n) is 5.11. The van der Waals surface area contributed by atoms with E-state index in [2.05, 4.69) is 19.9 Å². The summed E-state index contributed by atoms with van der Waals surface area (Å²) >= 11 is 6.28. The van der Waals surface area contributed by atoms with Gasteiger partial charge in [-0.1, -0.05) is 30.5 Å². The Balaban J connectivity index is 2.53. The lowest BCUT2D eigenvalue weighted by atomic mass is 9.76. The quantitative estimate of drug-likeness (QED) is 0.834. The molecule has 88 valence electrons. The van der Waals surface area contributed by atoms with Gasteiger partial charge in [-0.3, -0.25) is 0 Å². The van der Waals surface area contributed by atoms with E-state index in [0.717, 1.165) is 11.6 Å². The number of hydrogen-bond donors (Lipinski definition) is 1. The summed E-state index contributed by atoms with van der Waals surface area (Å²) in [4.78, 5) is 0. The van der Waals surface area contributed by atoms with Gasteiger partial charge >= 0.3 is 0 Å². The molecule has 2 heteroatoms. The fourth-order valence-corrected chi connectivity index (χ4v) is 3.27. The van der Waals surface area contributed by atoms with E-state index in [4.69, 9.17) is 17.3 Å². The highest BCUT2D eigenvalue weighted by atomic mass is 35.5. The first-order chi connectivity index (χ1) is 7.59. The first-order valence-corrected chi connectivity index (χ1v) is 6.44. The lowest BCUT2D eigenvalue weighted by Gasteiger charge is -2.30. The minimum atomic E-state index is 0.194. The van der Waals surface area contributed by atoms with Crippen molar-refractivity contribution >= 4 is 11.6 Å². The van der Waals surface area contributed by atoms with E-state index in [9.17, 15) is 0 Å². The molecule has 1 aliphatic carbocycles. The van der Waals surface area contributed by atoms with Crippen molar-refractivity contribution in [3.8, 4) is 0 Å². The summed E-state index contributed by atoms with van der Waals surface area (Å²) in [6.07, 6.45) is 5.01. The largest absolute Gasteiger partial charge is 0.330 e. The van der Waals surface area contributed by atoms with Crippen molar-refractivity contribution in [1.82, 2.24) is 0 Å². The van der Waals surface area contributed by atoms with Gasteiger partial charge in [0.2, 0.25) is 0 Å². The molecular weight excluding hydrogens is 218 g/mol. The van der Waals surface area contributed by atoms with Crippen LogP contribution in [0.15, 0.2) is 12.1 Å². The van der Waals surface area contributed by atoms with Crippen LogP contribution in [0.25, 0.3) is 0 Å². The Labute approximate surface area is 103 Å². The number of halogens is 1. The van der Waals surface area contributed by atoms with Crippen LogP contribution in [0.3, 0.4) is 0 Å². The Morgan fingerprint density at radius 3 is 2.44 bits per heavy atom. The van der Waals surface area contributed by atoms with Gasteiger partial charge in [0.1, 0.15) is 0 Å². The fraction of sp³-hybridized carbons (Fsp3) is 0.571. The molecule has 1 fully saturated rings. The van der Waals surface area contributed by atoms with Gasteiger partial charge < -0.3 is 5.73 Å². The standard InChI is InChI=1S/C14H20ClN/c1-10-7-12(11(2)13(15)8-10)14(9-16)5-3-4-6-14/h7-8H,3-6,9,16H2,1-2H3. The van der Waals surface area contributed by atoms with Gasteiger partial charge in [0.15, 0.2) is 0 Å². The summed E-state index contributed by atoms with van der Waals surface area (Å²) in [5.74, 6) is 0. The molecule has 0 radical (unpaired) electrons. The molecule has 0 amide bonds. The lowest BCUT2D eigenvalue weighted by molar-refractivity contribution is 0.450. The van der Waals surface area contributed by atoms with Gasteiger partial charge in [-0.2, -0.15) is 0 Å². The molecule has 1 saturated carbocycles. The van der Waals surface area contributed by atoms with Gasteiger partial charge in [-0.25, -0.2) is 0 Å². The fourth-order valence-electron chi connectivity index (χ4n) is 3.00. The van der Waals surface area contributed by atoms with Crippen LogP contribution in [0.4, 0.5) is 0 Å². The van der Waals surface area contributed by atoms with E-state index in [0.29, 0.717) is 0 Å². The zero-order valence-electron chi connectivity index (χ0n) is 10.1. The van der Waals surface area contributed by atoms with Crippen molar-refractivity contribution in [2.45, 2.75) is 44.9 Å². The molecular formula is C14H20ClN. The molecule has 0 aliphatic heterocycles. The summed E-state index contributed by atoms with van der Waals surface area (Å²) in [7, 11) is 0. The van der Waals surface area contributed by atoms with E-state index >= 15 is 0 Å². The minimum Gasteiger partial charge on any atom is -0.330 e. The number of aryl methyl sites for hydroxylation is 1. The predicted molar refractivity (Wildman–Crippen MR) is 70.1 cm³/mol. The Hall–Kier alpha value is -0.530. The Kier molecular flexibility index (Phi) is 3.27. The molecule has 1 aromatic carbocycles. The van der Waals surface area contributed by atoms with Crippen molar-refractivity contribution < 1.29 is 0 Å². The predicted octanol–water partition coefficient (Wildman–Crippen LogP) is 3.73. The monoisotopic (exact) mass is 237 g/mol. The Bertz CT molecular complexity index is 392. The molecule has 1 aromatic rings. The number of nitrogens with two attached hydrogens (primary N) is 1. The van der Waals surface area contributed by atoms with E-state index in [1.54, 1.807) is 0 Å².